The maximum absolute atomic E-state index is 5.75. The molecule has 3 nitrogen and oxygen atoms in total. The molecule has 1 aliphatic heterocycles. The molecule has 2 heterocycles. The molecule has 1 aromatic carbocycles. The fourth-order valence-corrected chi connectivity index (χ4v) is 3.91. The third-order valence-electron chi connectivity index (χ3n) is 4.19. The number of nitrogens with two attached hydrogens (primary N) is 1. The second-order valence-corrected chi connectivity index (χ2v) is 6.57. The van der Waals surface area contributed by atoms with Crippen molar-refractivity contribution in [3.05, 3.63) is 41.4 Å². The van der Waals surface area contributed by atoms with Gasteiger partial charge in [0, 0.05) is 23.5 Å². The molecule has 0 radical (unpaired) electrons. The van der Waals surface area contributed by atoms with Crippen molar-refractivity contribution in [2.75, 3.05) is 13.1 Å². The van der Waals surface area contributed by atoms with Crippen molar-refractivity contribution < 1.29 is 0 Å². The van der Waals surface area contributed by atoms with E-state index < -0.39 is 0 Å². The number of benzene rings is 1. The number of nitrogens with zero attached hydrogens (tertiary/aromatic N) is 2. The molecule has 0 amide bonds. The van der Waals surface area contributed by atoms with E-state index in [0.29, 0.717) is 6.04 Å². The summed E-state index contributed by atoms with van der Waals surface area (Å²) in [6.45, 7) is 2.93. The van der Waals surface area contributed by atoms with E-state index >= 15 is 0 Å². The Kier molecular flexibility index (Phi) is 5.01. The Bertz CT molecular complexity index is 550. The first kappa shape index (κ1) is 14.7. The Hall–Kier alpha value is -1.23. The van der Waals surface area contributed by atoms with E-state index in [2.05, 4.69) is 34.5 Å². The molecule has 1 aromatic heterocycles. The summed E-state index contributed by atoms with van der Waals surface area (Å²) in [4.78, 5) is 7.38. The van der Waals surface area contributed by atoms with Gasteiger partial charge < -0.3 is 5.73 Å². The van der Waals surface area contributed by atoms with E-state index in [1.165, 1.54) is 37.1 Å². The van der Waals surface area contributed by atoms with Gasteiger partial charge in [-0.05, 0) is 32.4 Å². The minimum atomic E-state index is 0.644. The van der Waals surface area contributed by atoms with Crippen molar-refractivity contribution in [3.63, 3.8) is 0 Å². The first-order chi connectivity index (χ1) is 10.4. The molecule has 1 unspecified atom stereocenters. The lowest BCUT2D eigenvalue weighted by Crippen LogP contribution is -2.40. The van der Waals surface area contributed by atoms with Gasteiger partial charge in [-0.3, -0.25) is 4.90 Å². The second kappa shape index (κ2) is 7.16. The first-order valence-electron chi connectivity index (χ1n) is 7.81. The van der Waals surface area contributed by atoms with Crippen LogP contribution in [0.5, 0.6) is 0 Å². The molecule has 21 heavy (non-hydrogen) atoms. The van der Waals surface area contributed by atoms with Gasteiger partial charge in [-0.15, -0.1) is 11.3 Å². The highest BCUT2D eigenvalue weighted by molar-refractivity contribution is 7.13. The molecule has 0 spiro atoms. The Balaban J connectivity index is 1.69. The molecule has 4 heteroatoms. The number of hydrogen-bond acceptors (Lipinski definition) is 4. The van der Waals surface area contributed by atoms with Crippen LogP contribution < -0.4 is 5.73 Å². The monoisotopic (exact) mass is 301 g/mol. The zero-order valence-corrected chi connectivity index (χ0v) is 13.2. The molecule has 2 aromatic rings. The maximum Gasteiger partial charge on any atom is 0.123 e. The molecule has 1 saturated heterocycles. The first-order valence-corrected chi connectivity index (χ1v) is 8.69. The largest absolute Gasteiger partial charge is 0.330 e. The van der Waals surface area contributed by atoms with Crippen LogP contribution in [-0.2, 0) is 6.54 Å². The van der Waals surface area contributed by atoms with Crippen LogP contribution in [0.25, 0.3) is 10.6 Å². The number of rotatable bonds is 5. The van der Waals surface area contributed by atoms with Crippen LogP contribution in [0.3, 0.4) is 0 Å². The summed E-state index contributed by atoms with van der Waals surface area (Å²) in [7, 11) is 0. The van der Waals surface area contributed by atoms with Gasteiger partial charge >= 0.3 is 0 Å². The number of piperidine rings is 1. The molecular formula is C17H23N3S. The predicted octanol–water partition coefficient (Wildman–Crippen LogP) is 3.51. The van der Waals surface area contributed by atoms with Gasteiger partial charge in [0.25, 0.3) is 0 Å². The maximum atomic E-state index is 5.75. The van der Waals surface area contributed by atoms with Crippen LogP contribution in [0.1, 0.15) is 31.4 Å². The van der Waals surface area contributed by atoms with E-state index in [1.54, 1.807) is 11.3 Å². The summed E-state index contributed by atoms with van der Waals surface area (Å²) < 4.78 is 0. The topological polar surface area (TPSA) is 42.1 Å². The standard InChI is InChI=1S/C17H23N3S/c18-10-9-16-8-4-5-11-20(16)12-15-13-21-17(19-15)14-6-2-1-3-7-14/h1-3,6-7,13,16H,4-5,8-12,18H2. The third-order valence-corrected chi connectivity index (χ3v) is 5.13. The van der Waals surface area contributed by atoms with E-state index in [4.69, 9.17) is 10.7 Å². The third kappa shape index (κ3) is 3.70. The van der Waals surface area contributed by atoms with Crippen LogP contribution in [-0.4, -0.2) is 29.0 Å². The highest BCUT2D eigenvalue weighted by atomic mass is 32.1. The molecule has 1 fully saturated rings. The van der Waals surface area contributed by atoms with Crippen molar-refractivity contribution in [1.29, 1.82) is 0 Å². The molecule has 1 aliphatic rings. The minimum Gasteiger partial charge on any atom is -0.330 e. The Morgan fingerprint density at radius 3 is 2.90 bits per heavy atom. The molecule has 1 atom stereocenters. The number of thiazole rings is 1. The molecule has 0 bridgehead atoms. The average molecular weight is 301 g/mol. The summed E-state index contributed by atoms with van der Waals surface area (Å²) in [6.07, 6.45) is 5.03. The van der Waals surface area contributed by atoms with E-state index in [9.17, 15) is 0 Å². The fourth-order valence-electron chi connectivity index (χ4n) is 3.09. The Morgan fingerprint density at radius 1 is 1.24 bits per heavy atom. The van der Waals surface area contributed by atoms with Gasteiger partial charge in [-0.1, -0.05) is 36.8 Å². The van der Waals surface area contributed by atoms with Crippen molar-refractivity contribution >= 4 is 11.3 Å². The molecular weight excluding hydrogens is 278 g/mol. The SMILES string of the molecule is NCCC1CCCCN1Cc1csc(-c2ccccc2)n1. The highest BCUT2D eigenvalue weighted by Crippen LogP contribution is 2.26. The number of likely N-dealkylation sites (tertiary alicyclic amines) is 1. The average Bonchev–Trinajstić information content (AvgIpc) is 2.99. The van der Waals surface area contributed by atoms with Crippen LogP contribution in [0, 0.1) is 0 Å². The van der Waals surface area contributed by atoms with Crippen molar-refractivity contribution in [2.45, 2.75) is 38.3 Å². The quantitative estimate of drug-likeness (QED) is 0.919. The van der Waals surface area contributed by atoms with E-state index in [0.717, 1.165) is 24.5 Å². The van der Waals surface area contributed by atoms with E-state index in [-0.39, 0.29) is 0 Å². The van der Waals surface area contributed by atoms with Gasteiger partial charge in [-0.25, -0.2) is 4.98 Å². The smallest absolute Gasteiger partial charge is 0.123 e. The number of hydrogen-bond donors (Lipinski definition) is 1. The predicted molar refractivity (Wildman–Crippen MR) is 89.3 cm³/mol. The molecule has 2 N–H and O–H groups in total. The lowest BCUT2D eigenvalue weighted by atomic mass is 9.99. The molecule has 112 valence electrons. The zero-order chi connectivity index (χ0) is 14.5. The minimum absolute atomic E-state index is 0.644. The summed E-state index contributed by atoms with van der Waals surface area (Å²) in [6, 6.07) is 11.1. The normalized spacial score (nSPS) is 19.8. The summed E-state index contributed by atoms with van der Waals surface area (Å²) in [5.41, 5.74) is 8.17. The molecule has 0 saturated carbocycles. The summed E-state index contributed by atoms with van der Waals surface area (Å²) >= 11 is 1.74. The van der Waals surface area contributed by atoms with Crippen LogP contribution in [0.15, 0.2) is 35.7 Å². The molecule has 3 rings (SSSR count). The van der Waals surface area contributed by atoms with Gasteiger partial charge in [0.1, 0.15) is 5.01 Å². The lowest BCUT2D eigenvalue weighted by molar-refractivity contribution is 0.132. The fraction of sp³-hybridized carbons (Fsp3) is 0.471. The Morgan fingerprint density at radius 2 is 2.10 bits per heavy atom. The van der Waals surface area contributed by atoms with Crippen molar-refractivity contribution in [2.24, 2.45) is 5.73 Å². The van der Waals surface area contributed by atoms with Crippen LogP contribution >= 0.6 is 11.3 Å². The second-order valence-electron chi connectivity index (χ2n) is 5.71. The van der Waals surface area contributed by atoms with Crippen LogP contribution in [0.4, 0.5) is 0 Å². The van der Waals surface area contributed by atoms with Gasteiger partial charge in [0.2, 0.25) is 0 Å². The van der Waals surface area contributed by atoms with Crippen molar-refractivity contribution in [3.8, 4) is 10.6 Å². The van der Waals surface area contributed by atoms with Crippen molar-refractivity contribution in [1.82, 2.24) is 9.88 Å². The van der Waals surface area contributed by atoms with E-state index in [1.807, 2.05) is 6.07 Å². The van der Waals surface area contributed by atoms with Gasteiger partial charge in [-0.2, -0.15) is 0 Å². The zero-order valence-electron chi connectivity index (χ0n) is 12.4. The van der Waals surface area contributed by atoms with Gasteiger partial charge in [0.05, 0.1) is 5.69 Å². The summed E-state index contributed by atoms with van der Waals surface area (Å²) in [5.74, 6) is 0. The van der Waals surface area contributed by atoms with Crippen LogP contribution in [0.2, 0.25) is 0 Å². The number of aromatic nitrogens is 1. The Labute approximate surface area is 130 Å². The van der Waals surface area contributed by atoms with Gasteiger partial charge in [0.15, 0.2) is 0 Å². The summed E-state index contributed by atoms with van der Waals surface area (Å²) in [5, 5.41) is 3.33. The highest BCUT2D eigenvalue weighted by Gasteiger charge is 2.22. The molecule has 0 aliphatic carbocycles. The lowest BCUT2D eigenvalue weighted by Gasteiger charge is -2.35.